The van der Waals surface area contributed by atoms with Crippen molar-refractivity contribution in [2.75, 3.05) is 15.9 Å². The number of aromatic nitrogens is 1. The van der Waals surface area contributed by atoms with Crippen LogP contribution in [0.2, 0.25) is 0 Å². The van der Waals surface area contributed by atoms with E-state index in [2.05, 4.69) is 15.6 Å². The first-order valence-corrected chi connectivity index (χ1v) is 12.3. The Kier molecular flexibility index (Phi) is 7.78. The average molecular weight is 467 g/mol. The summed E-state index contributed by atoms with van der Waals surface area (Å²) in [6, 6.07) is 17.7. The molecule has 0 aliphatic carbocycles. The van der Waals surface area contributed by atoms with E-state index in [0.29, 0.717) is 11.4 Å². The normalized spacial score (nSPS) is 11.9. The molecule has 0 radical (unpaired) electrons. The lowest BCUT2D eigenvalue weighted by atomic mass is 10.1. The molecule has 8 nitrogen and oxygen atoms in total. The summed E-state index contributed by atoms with van der Waals surface area (Å²) >= 11 is 0. The van der Waals surface area contributed by atoms with Crippen molar-refractivity contribution in [1.82, 2.24) is 10.3 Å². The van der Waals surface area contributed by atoms with E-state index < -0.39 is 22.0 Å². The van der Waals surface area contributed by atoms with Gasteiger partial charge in [0.05, 0.1) is 23.2 Å². The number of anilines is 2. The van der Waals surface area contributed by atoms with Gasteiger partial charge in [-0.1, -0.05) is 43.3 Å². The molecule has 0 saturated heterocycles. The van der Waals surface area contributed by atoms with Gasteiger partial charge in [0.1, 0.15) is 6.04 Å². The van der Waals surface area contributed by atoms with Gasteiger partial charge in [0.2, 0.25) is 15.9 Å². The van der Waals surface area contributed by atoms with Crippen molar-refractivity contribution in [3.05, 3.63) is 90.3 Å². The van der Waals surface area contributed by atoms with Crippen molar-refractivity contribution < 1.29 is 18.0 Å². The second-order valence-electron chi connectivity index (χ2n) is 7.40. The smallest absolute Gasteiger partial charge is 0.253 e. The van der Waals surface area contributed by atoms with Crippen molar-refractivity contribution in [3.8, 4) is 0 Å². The number of carbonyl (C=O) groups excluding carboxylic acids is 2. The summed E-state index contributed by atoms with van der Waals surface area (Å²) in [7, 11) is -3.74. The SMILES string of the molecule is CC[C@@H](C(=O)Nc1ccccc1C(=O)NCc1cccnc1)N(c1ccccc1)S(C)(=O)=O. The van der Waals surface area contributed by atoms with Crippen molar-refractivity contribution in [2.45, 2.75) is 25.9 Å². The van der Waals surface area contributed by atoms with Gasteiger partial charge in [-0.05, 0) is 42.3 Å². The number of hydrogen-bond acceptors (Lipinski definition) is 5. The first-order chi connectivity index (χ1) is 15.8. The second kappa shape index (κ2) is 10.7. The number of benzene rings is 2. The fraction of sp³-hybridized carbons (Fsp3) is 0.208. The summed E-state index contributed by atoms with van der Waals surface area (Å²) in [4.78, 5) is 30.0. The maximum absolute atomic E-state index is 13.2. The molecule has 1 aromatic heterocycles. The molecule has 3 rings (SSSR count). The molecule has 0 unspecified atom stereocenters. The molecule has 9 heteroatoms. The van der Waals surface area contributed by atoms with E-state index >= 15 is 0 Å². The molecule has 0 fully saturated rings. The Morgan fingerprint density at radius 3 is 2.33 bits per heavy atom. The van der Waals surface area contributed by atoms with Crippen LogP contribution in [0.25, 0.3) is 0 Å². The molecule has 1 atom stereocenters. The lowest BCUT2D eigenvalue weighted by molar-refractivity contribution is -0.117. The molecule has 0 bridgehead atoms. The lowest BCUT2D eigenvalue weighted by Gasteiger charge is -2.30. The number of nitrogens with zero attached hydrogens (tertiary/aromatic N) is 2. The molecule has 3 aromatic rings. The lowest BCUT2D eigenvalue weighted by Crippen LogP contribution is -2.47. The highest BCUT2D eigenvalue weighted by molar-refractivity contribution is 7.92. The van der Waals surface area contributed by atoms with Crippen LogP contribution in [0.4, 0.5) is 11.4 Å². The van der Waals surface area contributed by atoms with Crippen LogP contribution in [0.1, 0.15) is 29.3 Å². The van der Waals surface area contributed by atoms with Crippen LogP contribution in [-0.4, -0.2) is 37.5 Å². The molecule has 2 aromatic carbocycles. The van der Waals surface area contributed by atoms with Gasteiger partial charge in [-0.15, -0.1) is 0 Å². The van der Waals surface area contributed by atoms with Crippen LogP contribution in [0.5, 0.6) is 0 Å². The maximum atomic E-state index is 13.2. The molecule has 0 aliphatic rings. The number of para-hydroxylation sites is 2. The van der Waals surface area contributed by atoms with Gasteiger partial charge in [-0.2, -0.15) is 0 Å². The zero-order valence-electron chi connectivity index (χ0n) is 18.4. The van der Waals surface area contributed by atoms with Crippen molar-refractivity contribution in [2.24, 2.45) is 0 Å². The minimum Gasteiger partial charge on any atom is -0.348 e. The monoisotopic (exact) mass is 466 g/mol. The highest BCUT2D eigenvalue weighted by Crippen LogP contribution is 2.24. The minimum atomic E-state index is -3.74. The predicted octanol–water partition coefficient (Wildman–Crippen LogP) is 3.19. The number of rotatable bonds is 9. The number of carbonyl (C=O) groups is 2. The summed E-state index contributed by atoms with van der Waals surface area (Å²) in [5.41, 5.74) is 1.80. The van der Waals surface area contributed by atoms with E-state index in [9.17, 15) is 18.0 Å². The van der Waals surface area contributed by atoms with Gasteiger partial charge >= 0.3 is 0 Å². The van der Waals surface area contributed by atoms with Crippen LogP contribution < -0.4 is 14.9 Å². The van der Waals surface area contributed by atoms with Crippen molar-refractivity contribution in [3.63, 3.8) is 0 Å². The molecular weight excluding hydrogens is 440 g/mol. The Hall–Kier alpha value is -3.72. The molecule has 2 N–H and O–H groups in total. The van der Waals surface area contributed by atoms with Gasteiger partial charge in [0, 0.05) is 18.9 Å². The summed E-state index contributed by atoms with van der Waals surface area (Å²) in [5, 5.41) is 5.55. The van der Waals surface area contributed by atoms with Gasteiger partial charge in [-0.3, -0.25) is 18.9 Å². The Balaban J connectivity index is 1.82. The third kappa shape index (κ3) is 6.17. The maximum Gasteiger partial charge on any atom is 0.253 e. The first kappa shape index (κ1) is 23.9. The van der Waals surface area contributed by atoms with E-state index in [1.165, 1.54) is 0 Å². The van der Waals surface area contributed by atoms with E-state index in [1.807, 2.05) is 6.07 Å². The Morgan fingerprint density at radius 1 is 1.00 bits per heavy atom. The molecule has 0 spiro atoms. The summed E-state index contributed by atoms with van der Waals surface area (Å²) in [6.45, 7) is 2.01. The van der Waals surface area contributed by atoms with Crippen LogP contribution >= 0.6 is 0 Å². The van der Waals surface area contributed by atoms with E-state index in [4.69, 9.17) is 0 Å². The van der Waals surface area contributed by atoms with E-state index in [1.54, 1.807) is 80.0 Å². The summed E-state index contributed by atoms with van der Waals surface area (Å²) in [5.74, 6) is -0.898. The Bertz CT molecular complexity index is 1200. The van der Waals surface area contributed by atoms with E-state index in [-0.39, 0.29) is 24.4 Å². The third-order valence-electron chi connectivity index (χ3n) is 4.95. The van der Waals surface area contributed by atoms with E-state index in [0.717, 1.165) is 16.1 Å². The molecule has 33 heavy (non-hydrogen) atoms. The Morgan fingerprint density at radius 2 is 1.70 bits per heavy atom. The van der Waals surface area contributed by atoms with Gasteiger partial charge in [0.15, 0.2) is 0 Å². The topological polar surface area (TPSA) is 108 Å². The van der Waals surface area contributed by atoms with Gasteiger partial charge in [0.25, 0.3) is 5.91 Å². The largest absolute Gasteiger partial charge is 0.348 e. The fourth-order valence-electron chi connectivity index (χ4n) is 3.42. The summed E-state index contributed by atoms with van der Waals surface area (Å²) < 4.78 is 26.2. The average Bonchev–Trinajstić information content (AvgIpc) is 2.81. The van der Waals surface area contributed by atoms with Crippen LogP contribution in [0.3, 0.4) is 0 Å². The highest BCUT2D eigenvalue weighted by atomic mass is 32.2. The zero-order valence-corrected chi connectivity index (χ0v) is 19.2. The molecule has 2 amide bonds. The minimum absolute atomic E-state index is 0.239. The van der Waals surface area contributed by atoms with Gasteiger partial charge in [-0.25, -0.2) is 8.42 Å². The highest BCUT2D eigenvalue weighted by Gasteiger charge is 2.32. The number of sulfonamides is 1. The number of amides is 2. The molecule has 0 saturated carbocycles. The molecular formula is C24H26N4O4S. The van der Waals surface area contributed by atoms with Crippen LogP contribution in [-0.2, 0) is 21.4 Å². The van der Waals surface area contributed by atoms with Gasteiger partial charge < -0.3 is 10.6 Å². The quantitative estimate of drug-likeness (QED) is 0.503. The zero-order chi connectivity index (χ0) is 23.8. The van der Waals surface area contributed by atoms with Crippen molar-refractivity contribution >= 4 is 33.2 Å². The second-order valence-corrected chi connectivity index (χ2v) is 9.26. The first-order valence-electron chi connectivity index (χ1n) is 10.4. The molecule has 0 aliphatic heterocycles. The Labute approximate surface area is 193 Å². The predicted molar refractivity (Wildman–Crippen MR) is 128 cm³/mol. The molecule has 1 heterocycles. The number of nitrogens with one attached hydrogen (secondary N) is 2. The standard InChI is InChI=1S/C24H26N4O4S/c1-3-22(28(33(2,31)32)19-11-5-4-6-12-19)24(30)27-21-14-8-7-13-20(21)23(29)26-17-18-10-9-15-25-16-18/h4-16,22H,3,17H2,1-2H3,(H,26,29)(H,27,30)/t22-/m0/s1. The fourth-order valence-corrected chi connectivity index (χ4v) is 4.63. The molecule has 172 valence electrons. The van der Waals surface area contributed by atoms with Crippen molar-refractivity contribution in [1.29, 1.82) is 0 Å². The van der Waals surface area contributed by atoms with Crippen LogP contribution in [0, 0.1) is 0 Å². The summed E-state index contributed by atoms with van der Waals surface area (Å²) in [6.07, 6.45) is 4.61. The number of hydrogen-bond donors (Lipinski definition) is 2. The third-order valence-corrected chi connectivity index (χ3v) is 6.13. The van der Waals surface area contributed by atoms with Crippen LogP contribution in [0.15, 0.2) is 79.1 Å². The number of pyridine rings is 1.